The van der Waals surface area contributed by atoms with Gasteiger partial charge in [0, 0.05) is 20.4 Å². The van der Waals surface area contributed by atoms with Gasteiger partial charge in [0.05, 0.1) is 0 Å². The summed E-state index contributed by atoms with van der Waals surface area (Å²) in [5.41, 5.74) is 0. The van der Waals surface area contributed by atoms with Crippen molar-refractivity contribution in [2.45, 2.75) is 0 Å². The van der Waals surface area contributed by atoms with Gasteiger partial charge in [0.25, 0.3) is 0 Å². The van der Waals surface area contributed by atoms with E-state index in [4.69, 9.17) is 19.1 Å². The van der Waals surface area contributed by atoms with Crippen LogP contribution in [-0.2, 0) is 36.4 Å². The van der Waals surface area contributed by atoms with Gasteiger partial charge in [-0.1, -0.05) is 0 Å². The predicted molar refractivity (Wildman–Crippen MR) is 32.8 cm³/mol. The van der Waals surface area contributed by atoms with Gasteiger partial charge in [-0.15, -0.1) is 0 Å². The van der Waals surface area contributed by atoms with Crippen LogP contribution in [0, 0.1) is 0 Å². The summed E-state index contributed by atoms with van der Waals surface area (Å²) in [6.07, 6.45) is 0. The first-order chi connectivity index (χ1) is 1.41. The minimum absolute atomic E-state index is 0. The van der Waals surface area contributed by atoms with Crippen LogP contribution >= 0.6 is 19.1 Å². The first-order valence-corrected chi connectivity index (χ1v) is 4.24. The Kier molecular flexibility index (Phi) is 462. The molecule has 0 aromatic carbocycles. The van der Waals surface area contributed by atoms with Crippen LogP contribution in [0.3, 0.4) is 0 Å². The Balaban J connectivity index is -0.00000000200. The Labute approximate surface area is 79.5 Å². The van der Waals surface area contributed by atoms with E-state index >= 15 is 0 Å². The maximum absolute atomic E-state index is 4.81. The van der Waals surface area contributed by atoms with E-state index in [2.05, 4.69) is 0 Å². The van der Waals surface area contributed by atoms with E-state index in [1.54, 1.807) is 0 Å². The molecule has 4 nitrogen and oxygen atoms in total. The van der Waals surface area contributed by atoms with Gasteiger partial charge in [0.15, 0.2) is 0 Å². The summed E-state index contributed by atoms with van der Waals surface area (Å²) in [4.78, 5) is 0. The molecule has 0 saturated carbocycles. The van der Waals surface area contributed by atoms with E-state index in [1.165, 1.54) is 0 Å². The van der Waals surface area contributed by atoms with Crippen molar-refractivity contribution in [2.24, 2.45) is 0 Å². The minimum atomic E-state index is -0.106. The van der Waals surface area contributed by atoms with Crippen LogP contribution in [0.15, 0.2) is 0 Å². The molecule has 0 atom stereocenters. The third-order valence-electron chi connectivity index (χ3n) is 0. The quantitative estimate of drug-likeness (QED) is 0.579. The standard InChI is InChI=1S/2ClH.4H2N.2Pd/h2*1H;4*1H2;;/q;;4*-1;;+2/p-2. The molecular formula is H8Cl2N4Pd2-4. The molecule has 0 saturated heterocycles. The number of hydrogen-bond donors (Lipinski definition) is 0. The average molecular weight is 348 g/mol. The van der Waals surface area contributed by atoms with Crippen LogP contribution in [0.5, 0.6) is 0 Å². The Bertz CT molecular complexity index is 12.0. The summed E-state index contributed by atoms with van der Waals surface area (Å²) in [5, 5.41) is 0. The fraction of sp³-hybridized carbons (Fsp3) is 0. The molecule has 0 aliphatic carbocycles. The molecule has 66 valence electrons. The molecule has 0 aliphatic heterocycles. The monoisotopic (exact) mass is 346 g/mol. The Hall–Kier alpha value is 1.74. The third kappa shape index (κ3) is 116. The van der Waals surface area contributed by atoms with Crippen LogP contribution in [0.4, 0.5) is 0 Å². The van der Waals surface area contributed by atoms with E-state index < -0.39 is 0 Å². The zero-order chi connectivity index (χ0) is 2.71. The maximum Gasteiger partial charge on any atom is 0 e. The molecular weight excluding hydrogens is 340 g/mol. The summed E-state index contributed by atoms with van der Waals surface area (Å²) in [6.45, 7) is 0. The summed E-state index contributed by atoms with van der Waals surface area (Å²) < 4.78 is 0. The number of nitrogens with two attached hydrogens (primary N) is 4. The molecule has 8 heteroatoms. The summed E-state index contributed by atoms with van der Waals surface area (Å²) in [6, 6.07) is 0. The molecule has 0 spiro atoms. The molecule has 0 amide bonds. The molecule has 0 aromatic rings. The number of rotatable bonds is 0. The molecule has 0 bridgehead atoms. The van der Waals surface area contributed by atoms with Gasteiger partial charge in [0.1, 0.15) is 0 Å². The SMILES string of the molecule is [Cl][Pd][Cl].[NH2-].[NH2-].[NH2-].[NH2-].[Pd]. The van der Waals surface area contributed by atoms with E-state index in [1.807, 2.05) is 0 Å². The van der Waals surface area contributed by atoms with Crippen molar-refractivity contribution in [1.29, 1.82) is 0 Å². The molecule has 0 aliphatic rings. The van der Waals surface area contributed by atoms with Crippen molar-refractivity contribution in [3.63, 3.8) is 0 Å². The molecule has 8 heavy (non-hydrogen) atoms. The minimum Gasteiger partial charge on any atom is -0.693 e. The molecule has 0 aromatic heterocycles. The summed E-state index contributed by atoms with van der Waals surface area (Å²) >= 11 is -0.106. The van der Waals surface area contributed by atoms with Crippen molar-refractivity contribution in [2.75, 3.05) is 0 Å². The van der Waals surface area contributed by atoms with Crippen LogP contribution in [0.25, 0.3) is 24.6 Å². The second-order valence-corrected chi connectivity index (χ2v) is 2.41. The van der Waals surface area contributed by atoms with E-state index in [-0.39, 0.29) is 61.0 Å². The summed E-state index contributed by atoms with van der Waals surface area (Å²) in [5.74, 6) is 0. The first kappa shape index (κ1) is 53.1. The maximum atomic E-state index is 4.81. The van der Waals surface area contributed by atoms with E-state index in [9.17, 15) is 0 Å². The van der Waals surface area contributed by atoms with Crippen molar-refractivity contribution < 1.29 is 36.4 Å². The smallest absolute Gasteiger partial charge is 0 e. The average Bonchev–Trinajstić information content (AvgIpc) is 0.918. The molecule has 0 unspecified atom stereocenters. The van der Waals surface area contributed by atoms with Gasteiger partial charge in [-0.3, -0.25) is 0 Å². The van der Waals surface area contributed by atoms with Gasteiger partial charge < -0.3 is 24.6 Å². The zero-order valence-electron chi connectivity index (χ0n) is 3.70. The Morgan fingerprint density at radius 1 is 0.750 bits per heavy atom. The van der Waals surface area contributed by atoms with Gasteiger partial charge in [0.2, 0.25) is 0 Å². The van der Waals surface area contributed by atoms with Crippen molar-refractivity contribution in [3.05, 3.63) is 24.6 Å². The Morgan fingerprint density at radius 3 is 0.750 bits per heavy atom. The van der Waals surface area contributed by atoms with Crippen LogP contribution < -0.4 is 0 Å². The fourth-order valence-electron chi connectivity index (χ4n) is 0. The van der Waals surface area contributed by atoms with Crippen LogP contribution in [-0.4, -0.2) is 0 Å². The van der Waals surface area contributed by atoms with Gasteiger partial charge >= 0.3 is 35.0 Å². The largest absolute Gasteiger partial charge is 0.693 e. The van der Waals surface area contributed by atoms with Crippen molar-refractivity contribution >= 4 is 19.1 Å². The first-order valence-electron chi connectivity index (χ1n) is 0.239. The van der Waals surface area contributed by atoms with Gasteiger partial charge in [-0.25, -0.2) is 0 Å². The third-order valence-corrected chi connectivity index (χ3v) is 0. The topological polar surface area (TPSA) is 134 Å². The Morgan fingerprint density at radius 2 is 0.750 bits per heavy atom. The second-order valence-electron chi connectivity index (χ2n) is 0.0452. The van der Waals surface area contributed by atoms with Crippen molar-refractivity contribution in [3.8, 4) is 0 Å². The normalized spacial score (nSPS) is 2.75. The summed E-state index contributed by atoms with van der Waals surface area (Å²) in [7, 11) is 9.63. The molecule has 8 N–H and O–H groups in total. The van der Waals surface area contributed by atoms with Crippen LogP contribution in [0.2, 0.25) is 0 Å². The fourth-order valence-corrected chi connectivity index (χ4v) is 0. The second kappa shape index (κ2) is 69.6. The number of halogens is 2. The van der Waals surface area contributed by atoms with Gasteiger partial charge in [-0.2, -0.15) is 0 Å². The van der Waals surface area contributed by atoms with Gasteiger partial charge in [-0.05, 0) is 0 Å². The molecule has 0 radical (unpaired) electrons. The molecule has 0 rings (SSSR count). The van der Waals surface area contributed by atoms with E-state index in [0.717, 1.165) is 0 Å². The number of hydrogen-bond acceptors (Lipinski definition) is 0. The molecule has 0 heterocycles. The van der Waals surface area contributed by atoms with Crippen molar-refractivity contribution in [1.82, 2.24) is 0 Å². The van der Waals surface area contributed by atoms with E-state index in [0.29, 0.717) is 0 Å². The zero-order valence-corrected chi connectivity index (χ0v) is 8.32. The van der Waals surface area contributed by atoms with Crippen LogP contribution in [0.1, 0.15) is 0 Å². The molecule has 0 fully saturated rings. The predicted octanol–water partition coefficient (Wildman–Crippen LogP) is 4.24.